The lowest BCUT2D eigenvalue weighted by atomic mass is 10.4. The van der Waals surface area contributed by atoms with Crippen molar-refractivity contribution in [3.8, 4) is 0 Å². The summed E-state index contributed by atoms with van der Waals surface area (Å²) in [7, 11) is 1.00. The van der Waals surface area contributed by atoms with Crippen molar-refractivity contribution in [3.63, 3.8) is 0 Å². The molecule has 0 aromatic heterocycles. The fourth-order valence-electron chi connectivity index (χ4n) is 0.769. The fraction of sp³-hybridized carbons (Fsp3) is 0.833. The van der Waals surface area contributed by atoms with Gasteiger partial charge in [-0.3, -0.25) is 4.79 Å². The highest BCUT2D eigenvalue weighted by Crippen LogP contribution is 2.11. The van der Waals surface area contributed by atoms with Gasteiger partial charge >= 0.3 is 0 Å². The van der Waals surface area contributed by atoms with E-state index < -0.39 is 0 Å². The van der Waals surface area contributed by atoms with Crippen LogP contribution in [0.2, 0.25) is 0 Å². The highest BCUT2D eigenvalue weighted by atomic mass is 16.2. The second kappa shape index (κ2) is 4.78. The van der Waals surface area contributed by atoms with Crippen LogP contribution in [0.5, 0.6) is 0 Å². The van der Waals surface area contributed by atoms with Crippen molar-refractivity contribution in [2.24, 2.45) is 0 Å². The maximum atomic E-state index is 10.2. The zero-order chi connectivity index (χ0) is 6.41. The van der Waals surface area contributed by atoms with E-state index in [1.165, 1.54) is 0 Å². The number of Topliss-reactive ketones (excluding diaryl/α,β-unsaturated/α-hetero) is 1. The Hall–Kier alpha value is -0.370. The topological polar surface area (TPSA) is 37.3 Å². The Balaban J connectivity index is 0.000000222. The summed E-state index contributed by atoms with van der Waals surface area (Å²) in [6.45, 7) is 0. The van der Waals surface area contributed by atoms with Gasteiger partial charge in [-0.25, -0.2) is 0 Å². The molecule has 0 saturated heterocycles. The molecule has 2 nitrogen and oxygen atoms in total. The van der Waals surface area contributed by atoms with E-state index in [1.807, 2.05) is 0 Å². The second-order valence-corrected chi connectivity index (χ2v) is 1.75. The summed E-state index contributed by atoms with van der Waals surface area (Å²) in [5.41, 5.74) is 0. The molecule has 0 heterocycles. The van der Waals surface area contributed by atoms with Crippen molar-refractivity contribution in [1.82, 2.24) is 0 Å². The van der Waals surface area contributed by atoms with Gasteiger partial charge in [0.1, 0.15) is 5.78 Å². The molecule has 2 heteroatoms. The normalized spacial score (nSPS) is 17.5. The van der Waals surface area contributed by atoms with Crippen LogP contribution in [0.1, 0.15) is 25.7 Å². The number of aliphatic hydroxyl groups excluding tert-OH is 1. The third-order valence-electron chi connectivity index (χ3n) is 1.16. The largest absolute Gasteiger partial charge is 0.400 e. The molecular formula is C6H12O2. The third-order valence-corrected chi connectivity index (χ3v) is 1.16. The Bertz CT molecular complexity index is 60.9. The molecular weight excluding hydrogens is 104 g/mol. The molecule has 0 atom stereocenters. The molecule has 48 valence electrons. The van der Waals surface area contributed by atoms with Crippen LogP contribution in [0, 0.1) is 0 Å². The van der Waals surface area contributed by atoms with E-state index in [0.717, 1.165) is 32.8 Å². The van der Waals surface area contributed by atoms with Crippen molar-refractivity contribution >= 4 is 5.78 Å². The highest BCUT2D eigenvalue weighted by Gasteiger charge is 2.07. The van der Waals surface area contributed by atoms with E-state index in [4.69, 9.17) is 5.11 Å². The quantitative estimate of drug-likeness (QED) is 0.506. The predicted molar refractivity (Wildman–Crippen MR) is 31.6 cm³/mol. The summed E-state index contributed by atoms with van der Waals surface area (Å²) in [6, 6.07) is 0. The Labute approximate surface area is 49.5 Å². The number of hydrogen-bond acceptors (Lipinski definition) is 2. The number of rotatable bonds is 0. The fourth-order valence-corrected chi connectivity index (χ4v) is 0.769. The molecule has 0 unspecified atom stereocenters. The minimum Gasteiger partial charge on any atom is -0.400 e. The van der Waals surface area contributed by atoms with Crippen molar-refractivity contribution < 1.29 is 9.90 Å². The predicted octanol–water partition coefficient (Wildman–Crippen LogP) is 0.738. The lowest BCUT2D eigenvalue weighted by Gasteiger charge is -1.71. The van der Waals surface area contributed by atoms with Crippen molar-refractivity contribution in [2.45, 2.75) is 25.7 Å². The number of ketones is 1. The zero-order valence-corrected chi connectivity index (χ0v) is 5.18. The molecule has 0 amide bonds. The molecule has 8 heavy (non-hydrogen) atoms. The molecule has 1 aliphatic carbocycles. The zero-order valence-electron chi connectivity index (χ0n) is 5.18. The number of hydrogen-bond donors (Lipinski definition) is 1. The van der Waals surface area contributed by atoms with Gasteiger partial charge in [-0.2, -0.15) is 0 Å². The molecule has 1 rings (SSSR count). The van der Waals surface area contributed by atoms with Gasteiger partial charge in [-0.05, 0) is 12.8 Å². The van der Waals surface area contributed by atoms with Crippen LogP contribution in [-0.4, -0.2) is 18.0 Å². The molecule has 0 spiro atoms. The van der Waals surface area contributed by atoms with Gasteiger partial charge in [0.25, 0.3) is 0 Å². The van der Waals surface area contributed by atoms with E-state index in [0.29, 0.717) is 5.78 Å². The molecule has 0 aromatic rings. The van der Waals surface area contributed by atoms with Gasteiger partial charge < -0.3 is 5.11 Å². The number of carbonyl (C=O) groups excluding carboxylic acids is 1. The molecule has 0 radical (unpaired) electrons. The third kappa shape index (κ3) is 2.75. The first-order chi connectivity index (χ1) is 3.89. The minimum atomic E-state index is 0.454. The molecule has 0 bridgehead atoms. The van der Waals surface area contributed by atoms with E-state index in [1.54, 1.807) is 0 Å². The second-order valence-electron chi connectivity index (χ2n) is 1.75. The van der Waals surface area contributed by atoms with Crippen molar-refractivity contribution in [1.29, 1.82) is 0 Å². The van der Waals surface area contributed by atoms with Crippen LogP contribution in [0.4, 0.5) is 0 Å². The lowest BCUT2D eigenvalue weighted by Crippen LogP contribution is -1.81. The summed E-state index contributed by atoms with van der Waals surface area (Å²) in [5, 5.41) is 7.00. The minimum absolute atomic E-state index is 0.454. The van der Waals surface area contributed by atoms with E-state index in [2.05, 4.69) is 0 Å². The van der Waals surface area contributed by atoms with Crippen LogP contribution in [-0.2, 0) is 4.79 Å². The Morgan fingerprint density at radius 1 is 1.25 bits per heavy atom. The van der Waals surface area contributed by atoms with Gasteiger partial charge in [0, 0.05) is 20.0 Å². The first-order valence-electron chi connectivity index (χ1n) is 2.86. The standard InChI is InChI=1S/C5H8O.CH4O/c6-5-3-1-2-4-5;1-2/h1-4H2;2H,1H3. The van der Waals surface area contributed by atoms with Gasteiger partial charge in [0.2, 0.25) is 0 Å². The average Bonchev–Trinajstić information content (AvgIpc) is 2.24. The Morgan fingerprint density at radius 3 is 1.75 bits per heavy atom. The van der Waals surface area contributed by atoms with E-state index in [-0.39, 0.29) is 0 Å². The molecule has 1 N–H and O–H groups in total. The summed E-state index contributed by atoms with van der Waals surface area (Å²) in [4.78, 5) is 10.2. The van der Waals surface area contributed by atoms with Crippen LogP contribution < -0.4 is 0 Å². The molecule has 0 aromatic carbocycles. The van der Waals surface area contributed by atoms with Crippen LogP contribution in [0.25, 0.3) is 0 Å². The van der Waals surface area contributed by atoms with E-state index in [9.17, 15) is 4.79 Å². The van der Waals surface area contributed by atoms with Gasteiger partial charge in [0.05, 0.1) is 0 Å². The molecule has 1 saturated carbocycles. The average molecular weight is 116 g/mol. The maximum Gasteiger partial charge on any atom is 0.132 e. The van der Waals surface area contributed by atoms with E-state index >= 15 is 0 Å². The molecule has 0 aliphatic heterocycles. The van der Waals surface area contributed by atoms with Crippen molar-refractivity contribution in [3.05, 3.63) is 0 Å². The molecule has 1 aliphatic rings. The highest BCUT2D eigenvalue weighted by molar-refractivity contribution is 5.79. The van der Waals surface area contributed by atoms with Crippen LogP contribution in [0.3, 0.4) is 0 Å². The van der Waals surface area contributed by atoms with Gasteiger partial charge in [0.15, 0.2) is 0 Å². The Kier molecular flexibility index (Phi) is 4.56. The van der Waals surface area contributed by atoms with Crippen LogP contribution in [0.15, 0.2) is 0 Å². The monoisotopic (exact) mass is 116 g/mol. The van der Waals surface area contributed by atoms with Gasteiger partial charge in [-0.1, -0.05) is 0 Å². The lowest BCUT2D eigenvalue weighted by molar-refractivity contribution is -0.117. The SMILES string of the molecule is CO.O=C1CCCC1. The maximum absolute atomic E-state index is 10.2. The Morgan fingerprint density at radius 2 is 1.62 bits per heavy atom. The van der Waals surface area contributed by atoms with Crippen LogP contribution >= 0.6 is 0 Å². The first-order valence-corrected chi connectivity index (χ1v) is 2.86. The summed E-state index contributed by atoms with van der Waals surface area (Å²) >= 11 is 0. The summed E-state index contributed by atoms with van der Waals surface area (Å²) < 4.78 is 0. The van der Waals surface area contributed by atoms with Gasteiger partial charge in [-0.15, -0.1) is 0 Å². The summed E-state index contributed by atoms with van der Waals surface area (Å²) in [6.07, 6.45) is 3.97. The summed E-state index contributed by atoms with van der Waals surface area (Å²) in [5.74, 6) is 0.454. The van der Waals surface area contributed by atoms with Crippen molar-refractivity contribution in [2.75, 3.05) is 7.11 Å². The smallest absolute Gasteiger partial charge is 0.132 e. The number of carbonyl (C=O) groups is 1. The number of aliphatic hydroxyl groups is 1. The first kappa shape index (κ1) is 7.63. The molecule has 1 fully saturated rings.